The lowest BCUT2D eigenvalue weighted by atomic mass is 10.00. The Bertz CT molecular complexity index is 569. The van der Waals surface area contributed by atoms with Crippen molar-refractivity contribution in [2.24, 2.45) is 0 Å². The Morgan fingerprint density at radius 2 is 1.43 bits per heavy atom. The molecule has 0 aromatic rings. The normalized spacial score (nSPS) is 20.8. The number of carboxylic acids is 1. The number of aliphatic hydroxyl groups is 3. The molecule has 1 fully saturated rings. The van der Waals surface area contributed by atoms with Gasteiger partial charge >= 0.3 is 11.9 Å². The van der Waals surface area contributed by atoms with Gasteiger partial charge in [-0.1, -0.05) is 71.1 Å². The van der Waals surface area contributed by atoms with Crippen molar-refractivity contribution in [2.75, 3.05) is 0 Å². The maximum atomic E-state index is 12.1. The number of Topliss-reactive ketones (excluding diaryl/α,β-unsaturated/α-hetero) is 1. The van der Waals surface area contributed by atoms with Crippen molar-refractivity contribution in [3.05, 3.63) is 11.3 Å². The molecule has 0 aromatic heterocycles. The number of cyclic esters (lactones) is 1. The smallest absolute Gasteiger partial charge is 0.346 e. The van der Waals surface area contributed by atoms with Crippen molar-refractivity contribution >= 4 is 17.7 Å². The molecule has 3 unspecified atom stereocenters. The Hall–Kier alpha value is -1.93. The minimum atomic E-state index is -2.22. The van der Waals surface area contributed by atoms with E-state index in [2.05, 4.69) is 11.7 Å². The number of aliphatic hydroxyl groups excluding tert-OH is 3. The molecule has 1 saturated heterocycles. The van der Waals surface area contributed by atoms with Gasteiger partial charge in [0, 0.05) is 0 Å². The summed E-state index contributed by atoms with van der Waals surface area (Å²) in [4.78, 5) is 34.5. The molecule has 0 saturated carbocycles. The molecule has 8 nitrogen and oxygen atoms in total. The number of ketones is 1. The van der Waals surface area contributed by atoms with E-state index in [-0.39, 0.29) is 6.42 Å². The van der Waals surface area contributed by atoms with Gasteiger partial charge < -0.3 is 25.2 Å². The van der Waals surface area contributed by atoms with Gasteiger partial charge in [-0.25, -0.2) is 9.59 Å². The van der Waals surface area contributed by atoms with Crippen LogP contribution in [0.15, 0.2) is 11.3 Å². The van der Waals surface area contributed by atoms with Crippen LogP contribution in [-0.4, -0.2) is 56.5 Å². The minimum Gasteiger partial charge on any atom is -0.509 e. The average molecular weight is 400 g/mol. The summed E-state index contributed by atoms with van der Waals surface area (Å²) in [7, 11) is 0. The zero-order valence-electron chi connectivity index (χ0n) is 16.4. The number of aliphatic carboxylic acids is 1. The summed E-state index contributed by atoms with van der Waals surface area (Å²) in [6.07, 6.45) is 5.65. The standard InChI is InChI=1S/C20H32O8/c1-2-3-4-5-6-7-8-9-10-11-12-13(21)15(22)14-16(23)18(28-20(14)27)17(24)19(25)26/h13,17-18,21-22,24H,2-12H2,1H3,(H,25,26)/b15-14-. The first-order valence-corrected chi connectivity index (χ1v) is 10.1. The van der Waals surface area contributed by atoms with Crippen LogP contribution in [-0.2, 0) is 19.1 Å². The molecule has 4 N–H and O–H groups in total. The van der Waals surface area contributed by atoms with E-state index in [1.165, 1.54) is 38.5 Å². The molecule has 1 rings (SSSR count). The van der Waals surface area contributed by atoms with Crippen molar-refractivity contribution in [1.29, 1.82) is 0 Å². The van der Waals surface area contributed by atoms with Crippen LogP contribution in [0.5, 0.6) is 0 Å². The summed E-state index contributed by atoms with van der Waals surface area (Å²) in [6, 6.07) is 0. The first-order valence-electron chi connectivity index (χ1n) is 10.1. The van der Waals surface area contributed by atoms with Crippen LogP contribution in [0, 0.1) is 0 Å². The van der Waals surface area contributed by atoms with E-state index in [9.17, 15) is 29.7 Å². The Morgan fingerprint density at radius 3 is 1.93 bits per heavy atom. The lowest BCUT2D eigenvalue weighted by Gasteiger charge is -2.11. The molecule has 1 aliphatic heterocycles. The molecule has 3 atom stereocenters. The van der Waals surface area contributed by atoms with Crippen molar-refractivity contribution in [1.82, 2.24) is 0 Å². The third kappa shape index (κ3) is 7.24. The van der Waals surface area contributed by atoms with Gasteiger partial charge in [0.15, 0.2) is 6.10 Å². The fraction of sp³-hybridized carbons (Fsp3) is 0.750. The Morgan fingerprint density at radius 1 is 0.929 bits per heavy atom. The Labute approximate surface area is 165 Å². The molecule has 0 aliphatic carbocycles. The van der Waals surface area contributed by atoms with Gasteiger partial charge in [-0.3, -0.25) is 4.79 Å². The fourth-order valence-electron chi connectivity index (χ4n) is 3.17. The van der Waals surface area contributed by atoms with E-state index in [1.54, 1.807) is 0 Å². The van der Waals surface area contributed by atoms with Crippen molar-refractivity contribution in [3.8, 4) is 0 Å². The van der Waals surface area contributed by atoms with Crippen LogP contribution in [0.3, 0.4) is 0 Å². The Kier molecular flexibility index (Phi) is 10.8. The molecule has 0 bridgehead atoms. The van der Waals surface area contributed by atoms with Crippen LogP contribution < -0.4 is 0 Å². The van der Waals surface area contributed by atoms with Gasteiger partial charge in [-0.15, -0.1) is 0 Å². The summed E-state index contributed by atoms with van der Waals surface area (Å²) in [6.45, 7) is 2.19. The molecule has 0 aromatic carbocycles. The number of hydrogen-bond donors (Lipinski definition) is 4. The number of hydrogen-bond acceptors (Lipinski definition) is 7. The third-order valence-corrected chi connectivity index (χ3v) is 4.89. The van der Waals surface area contributed by atoms with Crippen molar-refractivity contribution < 1.29 is 39.5 Å². The van der Waals surface area contributed by atoms with Gasteiger partial charge in [0.25, 0.3) is 0 Å². The molecule has 160 valence electrons. The fourth-order valence-corrected chi connectivity index (χ4v) is 3.17. The molecular formula is C20H32O8. The van der Waals surface area contributed by atoms with E-state index in [1.807, 2.05) is 0 Å². The van der Waals surface area contributed by atoms with Crippen molar-refractivity contribution in [2.45, 2.75) is 95.9 Å². The van der Waals surface area contributed by atoms with Gasteiger partial charge in [0.1, 0.15) is 17.4 Å². The third-order valence-electron chi connectivity index (χ3n) is 4.89. The van der Waals surface area contributed by atoms with Gasteiger partial charge in [-0.05, 0) is 6.42 Å². The number of carbonyl (C=O) groups is 3. The SMILES string of the molecule is CCCCCCCCCCCCC(O)/C(O)=C1/C(=O)OC(C(O)C(=O)O)C1=O. The van der Waals surface area contributed by atoms with Crippen LogP contribution in [0.1, 0.15) is 77.6 Å². The quantitative estimate of drug-likeness (QED) is 0.114. The highest BCUT2D eigenvalue weighted by Gasteiger charge is 2.47. The minimum absolute atomic E-state index is 0.165. The summed E-state index contributed by atoms with van der Waals surface area (Å²) in [5.41, 5.74) is -0.787. The number of carbonyl (C=O) groups excluding carboxylic acids is 2. The van der Waals surface area contributed by atoms with E-state index in [0.717, 1.165) is 19.3 Å². The molecule has 0 radical (unpaired) electrons. The first kappa shape index (κ1) is 24.1. The topological polar surface area (TPSA) is 141 Å². The monoisotopic (exact) mass is 400 g/mol. The maximum absolute atomic E-state index is 12.1. The second-order valence-corrected chi connectivity index (χ2v) is 7.22. The van der Waals surface area contributed by atoms with Crippen LogP contribution >= 0.6 is 0 Å². The van der Waals surface area contributed by atoms with E-state index in [0.29, 0.717) is 6.42 Å². The zero-order chi connectivity index (χ0) is 21.1. The largest absolute Gasteiger partial charge is 0.509 e. The number of rotatable bonds is 14. The number of ether oxygens (including phenoxy) is 1. The predicted molar refractivity (Wildman–Crippen MR) is 101 cm³/mol. The summed E-state index contributed by atoms with van der Waals surface area (Å²) < 4.78 is 4.54. The van der Waals surface area contributed by atoms with Crippen LogP contribution in [0.4, 0.5) is 0 Å². The molecule has 8 heteroatoms. The average Bonchev–Trinajstić information content (AvgIpc) is 2.95. The maximum Gasteiger partial charge on any atom is 0.346 e. The number of carboxylic acid groups (broad SMARTS) is 1. The van der Waals surface area contributed by atoms with E-state index < -0.39 is 47.4 Å². The molecule has 0 amide bonds. The van der Waals surface area contributed by atoms with Gasteiger partial charge in [-0.2, -0.15) is 0 Å². The molecular weight excluding hydrogens is 368 g/mol. The van der Waals surface area contributed by atoms with Crippen LogP contribution in [0.25, 0.3) is 0 Å². The lowest BCUT2D eigenvalue weighted by Crippen LogP contribution is -2.38. The molecule has 1 aliphatic rings. The summed E-state index contributed by atoms with van der Waals surface area (Å²) in [5, 5.41) is 38.2. The number of unbranched alkanes of at least 4 members (excludes halogenated alkanes) is 9. The molecule has 0 spiro atoms. The number of esters is 1. The lowest BCUT2D eigenvalue weighted by molar-refractivity contribution is -0.161. The highest BCUT2D eigenvalue weighted by molar-refractivity contribution is 6.24. The summed E-state index contributed by atoms with van der Waals surface area (Å²) in [5.74, 6) is -4.93. The Balaban J connectivity index is 2.37. The molecule has 28 heavy (non-hydrogen) atoms. The molecule has 1 heterocycles. The highest BCUT2D eigenvalue weighted by atomic mass is 16.6. The predicted octanol–water partition coefficient (Wildman–Crippen LogP) is 2.41. The second-order valence-electron chi connectivity index (χ2n) is 7.22. The zero-order valence-corrected chi connectivity index (χ0v) is 16.4. The van der Waals surface area contributed by atoms with Gasteiger partial charge in [0.05, 0.1) is 0 Å². The van der Waals surface area contributed by atoms with Crippen LogP contribution in [0.2, 0.25) is 0 Å². The first-order chi connectivity index (χ1) is 13.3. The van der Waals surface area contributed by atoms with E-state index >= 15 is 0 Å². The summed E-state index contributed by atoms with van der Waals surface area (Å²) >= 11 is 0. The van der Waals surface area contributed by atoms with Gasteiger partial charge in [0.2, 0.25) is 11.9 Å². The van der Waals surface area contributed by atoms with Crippen molar-refractivity contribution in [3.63, 3.8) is 0 Å². The van der Waals surface area contributed by atoms with E-state index in [4.69, 9.17) is 5.11 Å². The highest BCUT2D eigenvalue weighted by Crippen LogP contribution is 2.24. The second kappa shape index (κ2) is 12.5.